The Labute approximate surface area is 125 Å². The van der Waals surface area contributed by atoms with Crippen molar-refractivity contribution < 1.29 is 5.11 Å². The molecule has 0 aliphatic carbocycles. The van der Waals surface area contributed by atoms with Crippen LogP contribution < -0.4 is 11.3 Å². The zero-order valence-corrected chi connectivity index (χ0v) is 12.6. The van der Waals surface area contributed by atoms with Crippen molar-refractivity contribution in [1.82, 2.24) is 9.97 Å². The minimum absolute atomic E-state index is 0.157. The number of nitrogens with zero attached hydrogens (tertiary/aromatic N) is 1. The molecule has 1 aromatic carbocycles. The molecule has 20 heavy (non-hydrogen) atoms. The van der Waals surface area contributed by atoms with Crippen LogP contribution in [-0.2, 0) is 0 Å². The van der Waals surface area contributed by atoms with Crippen LogP contribution in [0.2, 0.25) is 0 Å². The van der Waals surface area contributed by atoms with Gasteiger partial charge in [0.25, 0.3) is 5.56 Å². The first-order chi connectivity index (χ1) is 9.52. The number of halogens is 1. The molecule has 1 unspecified atom stereocenters. The predicted octanol–water partition coefficient (Wildman–Crippen LogP) is 2.70. The summed E-state index contributed by atoms with van der Waals surface area (Å²) in [5.41, 5.74) is 6.28. The molecule has 1 aromatic heterocycles. The third kappa shape index (κ3) is 3.08. The molecule has 1 heterocycles. The van der Waals surface area contributed by atoms with Gasteiger partial charge in [0.1, 0.15) is 11.4 Å². The number of aromatic amines is 1. The zero-order valence-electron chi connectivity index (χ0n) is 11.1. The van der Waals surface area contributed by atoms with Crippen LogP contribution in [0, 0.1) is 0 Å². The molecule has 5 nitrogen and oxygen atoms in total. The number of nitrogens with one attached hydrogen (secondary N) is 1. The molecule has 106 valence electrons. The van der Waals surface area contributed by atoms with Crippen LogP contribution in [0.5, 0.6) is 5.88 Å². The summed E-state index contributed by atoms with van der Waals surface area (Å²) in [6.07, 6.45) is 1.57. The summed E-state index contributed by atoms with van der Waals surface area (Å²) in [5.74, 6) is 0.0211. The lowest BCUT2D eigenvalue weighted by Crippen LogP contribution is -2.20. The minimum atomic E-state index is -0.388. The van der Waals surface area contributed by atoms with E-state index in [1.165, 1.54) is 0 Å². The van der Waals surface area contributed by atoms with Gasteiger partial charge in [-0.25, -0.2) is 0 Å². The van der Waals surface area contributed by atoms with Gasteiger partial charge in [0.05, 0.1) is 6.04 Å². The lowest BCUT2D eigenvalue weighted by molar-refractivity contribution is 0.444. The van der Waals surface area contributed by atoms with Gasteiger partial charge in [-0.05, 0) is 24.1 Å². The van der Waals surface area contributed by atoms with Crippen LogP contribution >= 0.6 is 15.9 Å². The summed E-state index contributed by atoms with van der Waals surface area (Å²) >= 11 is 3.32. The summed E-state index contributed by atoms with van der Waals surface area (Å²) in [4.78, 5) is 18.8. The average Bonchev–Trinajstić information content (AvgIpc) is 2.40. The van der Waals surface area contributed by atoms with Crippen LogP contribution in [0.1, 0.15) is 31.6 Å². The number of nitrogens with two attached hydrogens (primary N) is 1. The number of aromatic hydroxyl groups is 1. The van der Waals surface area contributed by atoms with Crippen molar-refractivity contribution in [3.05, 3.63) is 44.9 Å². The van der Waals surface area contributed by atoms with Crippen molar-refractivity contribution in [2.24, 2.45) is 5.73 Å². The monoisotopic (exact) mass is 337 g/mol. The predicted molar refractivity (Wildman–Crippen MR) is 81.5 cm³/mol. The molecule has 0 aliphatic heterocycles. The van der Waals surface area contributed by atoms with Crippen molar-refractivity contribution in [2.75, 3.05) is 0 Å². The van der Waals surface area contributed by atoms with E-state index in [4.69, 9.17) is 5.73 Å². The summed E-state index contributed by atoms with van der Waals surface area (Å²) in [6, 6.07) is 6.69. The first kappa shape index (κ1) is 14.7. The fourth-order valence-electron chi connectivity index (χ4n) is 1.98. The molecule has 0 amide bonds. The number of hydrogen-bond acceptors (Lipinski definition) is 4. The molecule has 0 saturated carbocycles. The normalized spacial score (nSPS) is 12.3. The molecule has 0 spiro atoms. The molecule has 0 fully saturated rings. The number of benzene rings is 1. The van der Waals surface area contributed by atoms with Gasteiger partial charge in [-0.1, -0.05) is 41.4 Å². The van der Waals surface area contributed by atoms with Gasteiger partial charge >= 0.3 is 0 Å². The van der Waals surface area contributed by atoms with Gasteiger partial charge in [-0.3, -0.25) is 4.79 Å². The second-order valence-corrected chi connectivity index (χ2v) is 5.47. The van der Waals surface area contributed by atoms with Crippen LogP contribution in [0.15, 0.2) is 33.5 Å². The number of hydrogen-bond donors (Lipinski definition) is 3. The van der Waals surface area contributed by atoms with E-state index in [1.807, 2.05) is 6.92 Å². The second kappa shape index (κ2) is 6.19. The summed E-state index contributed by atoms with van der Waals surface area (Å²) in [6.45, 7) is 1.99. The molecule has 0 aliphatic rings. The zero-order chi connectivity index (χ0) is 14.7. The Bertz CT molecular complexity index is 652. The molecular formula is C14H16BrN3O2. The van der Waals surface area contributed by atoms with Crippen LogP contribution in [-0.4, -0.2) is 15.1 Å². The topological polar surface area (TPSA) is 92.0 Å². The summed E-state index contributed by atoms with van der Waals surface area (Å²) in [7, 11) is 0. The van der Waals surface area contributed by atoms with Gasteiger partial charge in [-0.15, -0.1) is 0 Å². The highest BCUT2D eigenvalue weighted by molar-refractivity contribution is 9.10. The van der Waals surface area contributed by atoms with Gasteiger partial charge in [-0.2, -0.15) is 4.98 Å². The Balaban J connectivity index is 2.46. The van der Waals surface area contributed by atoms with E-state index in [0.717, 1.165) is 10.9 Å². The van der Waals surface area contributed by atoms with Gasteiger partial charge in [0.15, 0.2) is 0 Å². The maximum absolute atomic E-state index is 12.1. The Morgan fingerprint density at radius 2 is 2.05 bits per heavy atom. The van der Waals surface area contributed by atoms with Crippen molar-refractivity contribution in [2.45, 2.75) is 25.8 Å². The molecular weight excluding hydrogens is 322 g/mol. The number of H-pyrrole nitrogens is 1. The molecule has 0 radical (unpaired) electrons. The highest BCUT2D eigenvalue weighted by atomic mass is 79.9. The smallest absolute Gasteiger partial charge is 0.262 e. The highest BCUT2D eigenvalue weighted by Gasteiger charge is 2.16. The second-order valence-electron chi connectivity index (χ2n) is 4.55. The summed E-state index contributed by atoms with van der Waals surface area (Å²) < 4.78 is 0.895. The lowest BCUT2D eigenvalue weighted by Gasteiger charge is -2.11. The van der Waals surface area contributed by atoms with Gasteiger partial charge < -0.3 is 15.8 Å². The maximum Gasteiger partial charge on any atom is 0.262 e. The quantitative estimate of drug-likeness (QED) is 0.799. The molecule has 4 N–H and O–H groups in total. The molecule has 6 heteroatoms. The SMILES string of the molecule is CCCC(N)c1nc(O)c(-c2ccc(Br)cc2)c(=O)[nH]1. The minimum Gasteiger partial charge on any atom is -0.493 e. The first-order valence-corrected chi connectivity index (χ1v) is 7.17. The van der Waals surface area contributed by atoms with E-state index in [9.17, 15) is 9.90 Å². The fraction of sp³-hybridized carbons (Fsp3) is 0.286. The van der Waals surface area contributed by atoms with E-state index in [-0.39, 0.29) is 23.0 Å². The van der Waals surface area contributed by atoms with Crippen molar-refractivity contribution in [1.29, 1.82) is 0 Å². The standard InChI is InChI=1S/C14H16BrN3O2/c1-2-3-10(16)12-17-13(19)11(14(20)18-12)8-4-6-9(15)7-5-8/h4-7,10H,2-3,16H2,1H3,(H2,17,18,19,20). The number of aromatic nitrogens is 2. The molecule has 0 saturated heterocycles. The Hall–Kier alpha value is -1.66. The van der Waals surface area contributed by atoms with Crippen molar-refractivity contribution in [3.63, 3.8) is 0 Å². The Kier molecular flexibility index (Phi) is 4.57. The Morgan fingerprint density at radius 3 is 2.60 bits per heavy atom. The highest BCUT2D eigenvalue weighted by Crippen LogP contribution is 2.25. The van der Waals surface area contributed by atoms with E-state index in [2.05, 4.69) is 25.9 Å². The molecule has 2 aromatic rings. The maximum atomic E-state index is 12.1. The fourth-order valence-corrected chi connectivity index (χ4v) is 2.24. The third-order valence-electron chi connectivity index (χ3n) is 3.00. The first-order valence-electron chi connectivity index (χ1n) is 6.37. The van der Waals surface area contributed by atoms with E-state index in [0.29, 0.717) is 17.8 Å². The van der Waals surface area contributed by atoms with Gasteiger partial charge in [0, 0.05) is 4.47 Å². The van der Waals surface area contributed by atoms with Gasteiger partial charge in [0.2, 0.25) is 5.88 Å². The van der Waals surface area contributed by atoms with E-state index >= 15 is 0 Å². The molecule has 2 rings (SSSR count). The van der Waals surface area contributed by atoms with Crippen LogP contribution in [0.3, 0.4) is 0 Å². The van der Waals surface area contributed by atoms with Crippen molar-refractivity contribution in [3.8, 4) is 17.0 Å². The lowest BCUT2D eigenvalue weighted by atomic mass is 10.1. The van der Waals surface area contributed by atoms with Crippen molar-refractivity contribution >= 4 is 15.9 Å². The molecule has 0 bridgehead atoms. The van der Waals surface area contributed by atoms with Crippen LogP contribution in [0.4, 0.5) is 0 Å². The van der Waals surface area contributed by atoms with Crippen LogP contribution in [0.25, 0.3) is 11.1 Å². The largest absolute Gasteiger partial charge is 0.493 e. The van der Waals surface area contributed by atoms with E-state index in [1.54, 1.807) is 24.3 Å². The van der Waals surface area contributed by atoms with E-state index < -0.39 is 0 Å². The average molecular weight is 338 g/mol. The molecule has 1 atom stereocenters. The number of rotatable bonds is 4. The third-order valence-corrected chi connectivity index (χ3v) is 3.53. The summed E-state index contributed by atoms with van der Waals surface area (Å²) in [5, 5.41) is 10.0. The Morgan fingerprint density at radius 1 is 1.40 bits per heavy atom.